The molecule has 0 bridgehead atoms. The van der Waals surface area contributed by atoms with E-state index < -0.39 is 0 Å². The van der Waals surface area contributed by atoms with Gasteiger partial charge >= 0.3 is 0 Å². The molecule has 1 aromatic heterocycles. The van der Waals surface area contributed by atoms with E-state index in [2.05, 4.69) is 9.97 Å². The van der Waals surface area contributed by atoms with E-state index in [1.165, 1.54) is 6.07 Å². The molecule has 0 aliphatic carbocycles. The molecule has 17 heavy (non-hydrogen) atoms. The minimum atomic E-state index is -0.281. The fourth-order valence-corrected chi connectivity index (χ4v) is 2.13. The average Bonchev–Trinajstić information content (AvgIpc) is 2.13. The van der Waals surface area contributed by atoms with Crippen molar-refractivity contribution < 1.29 is 4.39 Å². The van der Waals surface area contributed by atoms with Gasteiger partial charge in [0.05, 0.1) is 5.69 Å². The molecule has 1 aromatic carbocycles. The molecule has 4 heteroatoms. The molecule has 0 saturated heterocycles. The zero-order valence-corrected chi connectivity index (χ0v) is 10.6. The van der Waals surface area contributed by atoms with Gasteiger partial charge in [-0.15, -0.1) is 0 Å². The first kappa shape index (κ1) is 12.0. The highest BCUT2D eigenvalue weighted by atomic mass is 35.5. The summed E-state index contributed by atoms with van der Waals surface area (Å²) >= 11 is 5.86. The normalized spacial score (nSPS) is 10.6. The molecular formula is C13H12ClFN2. The van der Waals surface area contributed by atoms with Crippen LogP contribution in [0, 0.1) is 26.6 Å². The zero-order valence-electron chi connectivity index (χ0n) is 9.88. The van der Waals surface area contributed by atoms with Gasteiger partial charge in [-0.3, -0.25) is 0 Å². The number of aromatic nitrogens is 2. The highest BCUT2D eigenvalue weighted by molar-refractivity contribution is 6.29. The van der Waals surface area contributed by atoms with Crippen LogP contribution in [0.4, 0.5) is 4.39 Å². The maximum absolute atomic E-state index is 14.0. The fraction of sp³-hybridized carbons (Fsp3) is 0.231. The molecule has 0 unspecified atom stereocenters. The summed E-state index contributed by atoms with van der Waals surface area (Å²) in [6, 6.07) is 4.99. The molecule has 1 heterocycles. The Morgan fingerprint density at radius 1 is 1.06 bits per heavy atom. The summed E-state index contributed by atoms with van der Waals surface area (Å²) < 4.78 is 14.0. The SMILES string of the molecule is Cc1cc(C)c(-c2cc(Cl)nc(C)n2)c(F)c1. The molecule has 0 amide bonds. The third-order valence-corrected chi connectivity index (χ3v) is 2.69. The van der Waals surface area contributed by atoms with Crippen molar-refractivity contribution in [3.63, 3.8) is 0 Å². The van der Waals surface area contributed by atoms with Crippen LogP contribution in [0.1, 0.15) is 17.0 Å². The van der Waals surface area contributed by atoms with Crippen LogP contribution in [0.3, 0.4) is 0 Å². The highest BCUT2D eigenvalue weighted by Gasteiger charge is 2.12. The summed E-state index contributed by atoms with van der Waals surface area (Å²) in [6.07, 6.45) is 0. The Balaban J connectivity index is 2.68. The Morgan fingerprint density at radius 3 is 2.35 bits per heavy atom. The number of nitrogens with zero attached hydrogens (tertiary/aromatic N) is 2. The summed E-state index contributed by atoms with van der Waals surface area (Å²) in [5.74, 6) is 0.253. The van der Waals surface area contributed by atoms with Gasteiger partial charge in [0.25, 0.3) is 0 Å². The first-order chi connectivity index (χ1) is 7.97. The third kappa shape index (κ3) is 2.44. The second-order valence-corrected chi connectivity index (χ2v) is 4.45. The summed E-state index contributed by atoms with van der Waals surface area (Å²) in [7, 11) is 0. The fourth-order valence-electron chi connectivity index (χ4n) is 1.90. The lowest BCUT2D eigenvalue weighted by molar-refractivity contribution is 0.628. The van der Waals surface area contributed by atoms with Crippen LogP contribution in [-0.4, -0.2) is 9.97 Å². The minimum absolute atomic E-state index is 0.281. The van der Waals surface area contributed by atoms with E-state index in [4.69, 9.17) is 11.6 Å². The second kappa shape index (κ2) is 4.41. The van der Waals surface area contributed by atoms with Gasteiger partial charge < -0.3 is 0 Å². The summed E-state index contributed by atoms with van der Waals surface area (Å²) in [5.41, 5.74) is 2.75. The molecule has 0 atom stereocenters. The Bertz CT molecular complexity index is 538. The van der Waals surface area contributed by atoms with E-state index >= 15 is 0 Å². The Hall–Kier alpha value is -1.48. The van der Waals surface area contributed by atoms with E-state index in [1.54, 1.807) is 13.0 Å². The monoisotopic (exact) mass is 250 g/mol. The molecule has 0 fully saturated rings. The molecule has 88 valence electrons. The minimum Gasteiger partial charge on any atom is -0.233 e. The first-order valence-corrected chi connectivity index (χ1v) is 5.63. The van der Waals surface area contributed by atoms with Crippen molar-refractivity contribution in [1.82, 2.24) is 9.97 Å². The maximum Gasteiger partial charge on any atom is 0.133 e. The number of hydrogen-bond donors (Lipinski definition) is 0. The van der Waals surface area contributed by atoms with E-state index in [0.29, 0.717) is 22.2 Å². The van der Waals surface area contributed by atoms with Crippen LogP contribution in [0.2, 0.25) is 5.15 Å². The topological polar surface area (TPSA) is 25.8 Å². The number of halogens is 2. The van der Waals surface area contributed by atoms with Gasteiger partial charge in [-0.25, -0.2) is 14.4 Å². The quantitative estimate of drug-likeness (QED) is 0.718. The van der Waals surface area contributed by atoms with Gasteiger partial charge in [0.1, 0.15) is 16.8 Å². The maximum atomic E-state index is 14.0. The van der Waals surface area contributed by atoms with Crippen molar-refractivity contribution in [3.05, 3.63) is 46.1 Å². The van der Waals surface area contributed by atoms with Gasteiger partial charge in [-0.2, -0.15) is 0 Å². The molecule has 0 aliphatic rings. The highest BCUT2D eigenvalue weighted by Crippen LogP contribution is 2.27. The van der Waals surface area contributed by atoms with Gasteiger partial charge in [-0.05, 0) is 38.0 Å². The standard InChI is InChI=1S/C13H12ClFN2/c1-7-4-8(2)13(10(15)5-7)11-6-12(14)17-9(3)16-11/h4-6H,1-3H3. The van der Waals surface area contributed by atoms with Crippen molar-refractivity contribution in [2.24, 2.45) is 0 Å². The molecule has 2 rings (SSSR count). The predicted molar refractivity (Wildman–Crippen MR) is 66.6 cm³/mol. The third-order valence-electron chi connectivity index (χ3n) is 2.49. The predicted octanol–water partition coefficient (Wildman–Crippen LogP) is 3.86. The summed E-state index contributed by atoms with van der Waals surface area (Å²) in [6.45, 7) is 5.45. The van der Waals surface area contributed by atoms with Gasteiger partial charge in [0.15, 0.2) is 0 Å². The smallest absolute Gasteiger partial charge is 0.133 e. The van der Waals surface area contributed by atoms with Crippen molar-refractivity contribution in [2.45, 2.75) is 20.8 Å². The van der Waals surface area contributed by atoms with E-state index in [9.17, 15) is 4.39 Å². The first-order valence-electron chi connectivity index (χ1n) is 5.25. The van der Waals surface area contributed by atoms with Crippen LogP contribution >= 0.6 is 11.6 Å². The average molecular weight is 251 g/mol. The molecular weight excluding hydrogens is 239 g/mol. The molecule has 0 N–H and O–H groups in total. The lowest BCUT2D eigenvalue weighted by Crippen LogP contribution is -1.96. The Labute approximate surface area is 104 Å². The number of hydrogen-bond acceptors (Lipinski definition) is 2. The van der Waals surface area contributed by atoms with Crippen molar-refractivity contribution in [1.29, 1.82) is 0 Å². The van der Waals surface area contributed by atoms with Gasteiger partial charge in [0, 0.05) is 11.6 Å². The van der Waals surface area contributed by atoms with Crippen LogP contribution in [0.25, 0.3) is 11.3 Å². The lowest BCUT2D eigenvalue weighted by Gasteiger charge is -2.09. The number of rotatable bonds is 1. The molecule has 2 nitrogen and oxygen atoms in total. The number of aryl methyl sites for hydroxylation is 3. The van der Waals surface area contributed by atoms with Crippen molar-refractivity contribution in [3.8, 4) is 11.3 Å². The summed E-state index contributed by atoms with van der Waals surface area (Å²) in [5, 5.41) is 0.326. The molecule has 2 aromatic rings. The van der Waals surface area contributed by atoms with Crippen LogP contribution in [0.15, 0.2) is 18.2 Å². The van der Waals surface area contributed by atoms with Crippen LogP contribution in [-0.2, 0) is 0 Å². The zero-order chi connectivity index (χ0) is 12.6. The van der Waals surface area contributed by atoms with Crippen LogP contribution < -0.4 is 0 Å². The van der Waals surface area contributed by atoms with Crippen LogP contribution in [0.5, 0.6) is 0 Å². The van der Waals surface area contributed by atoms with E-state index in [0.717, 1.165) is 11.1 Å². The molecule has 0 aliphatic heterocycles. The lowest BCUT2D eigenvalue weighted by atomic mass is 10.0. The van der Waals surface area contributed by atoms with Crippen molar-refractivity contribution >= 4 is 11.6 Å². The number of benzene rings is 1. The molecule has 0 radical (unpaired) electrons. The second-order valence-electron chi connectivity index (χ2n) is 4.06. The van der Waals surface area contributed by atoms with Gasteiger partial charge in [-0.1, -0.05) is 17.7 Å². The van der Waals surface area contributed by atoms with Crippen molar-refractivity contribution in [2.75, 3.05) is 0 Å². The van der Waals surface area contributed by atoms with E-state index in [1.807, 2.05) is 19.9 Å². The molecule has 0 saturated carbocycles. The van der Waals surface area contributed by atoms with Gasteiger partial charge in [0.2, 0.25) is 0 Å². The Morgan fingerprint density at radius 2 is 1.76 bits per heavy atom. The van der Waals surface area contributed by atoms with E-state index in [-0.39, 0.29) is 5.82 Å². The molecule has 0 spiro atoms. The Kier molecular flexibility index (Phi) is 3.11. The summed E-state index contributed by atoms with van der Waals surface area (Å²) in [4.78, 5) is 8.19. The largest absolute Gasteiger partial charge is 0.233 e.